The average Bonchev–Trinajstić information content (AvgIpc) is 2.48. The van der Waals surface area contributed by atoms with Crippen molar-refractivity contribution in [3.05, 3.63) is 29.3 Å². The molecular formula is C19H30N2O2. The van der Waals surface area contributed by atoms with Crippen molar-refractivity contribution < 1.29 is 9.90 Å². The molecule has 0 spiro atoms. The van der Waals surface area contributed by atoms with E-state index in [4.69, 9.17) is 0 Å². The van der Waals surface area contributed by atoms with Gasteiger partial charge in [0.15, 0.2) is 0 Å². The van der Waals surface area contributed by atoms with Gasteiger partial charge in [-0.1, -0.05) is 27.7 Å². The molecule has 1 N–H and O–H groups in total. The van der Waals surface area contributed by atoms with Crippen molar-refractivity contribution >= 4 is 5.91 Å². The number of benzene rings is 1. The highest BCUT2D eigenvalue weighted by Crippen LogP contribution is 2.23. The van der Waals surface area contributed by atoms with E-state index in [1.54, 1.807) is 12.1 Å². The molecular weight excluding hydrogens is 288 g/mol. The van der Waals surface area contributed by atoms with Crippen LogP contribution in [0, 0.1) is 11.8 Å². The number of phenolic OH excluding ortho intramolecular Hbond substituents is 1. The van der Waals surface area contributed by atoms with E-state index in [1.165, 1.54) is 0 Å². The van der Waals surface area contributed by atoms with Crippen molar-refractivity contribution in [1.82, 2.24) is 9.80 Å². The van der Waals surface area contributed by atoms with Gasteiger partial charge in [0.05, 0.1) is 0 Å². The zero-order valence-electron chi connectivity index (χ0n) is 14.9. The van der Waals surface area contributed by atoms with Crippen LogP contribution in [0.5, 0.6) is 5.75 Å². The summed E-state index contributed by atoms with van der Waals surface area (Å²) in [6.07, 6.45) is 0.787. The topological polar surface area (TPSA) is 43.8 Å². The van der Waals surface area contributed by atoms with Crippen molar-refractivity contribution in [2.24, 2.45) is 11.8 Å². The van der Waals surface area contributed by atoms with Crippen molar-refractivity contribution in [3.63, 3.8) is 0 Å². The van der Waals surface area contributed by atoms with Crippen molar-refractivity contribution in [1.29, 1.82) is 0 Å². The Balaban J connectivity index is 2.01. The molecule has 0 aliphatic carbocycles. The van der Waals surface area contributed by atoms with Gasteiger partial charge >= 0.3 is 0 Å². The Morgan fingerprint density at radius 3 is 2.30 bits per heavy atom. The van der Waals surface area contributed by atoms with Gasteiger partial charge in [-0.15, -0.1) is 0 Å². The molecule has 1 aromatic carbocycles. The van der Waals surface area contributed by atoms with Crippen LogP contribution in [0.2, 0.25) is 0 Å². The molecule has 1 saturated heterocycles. The summed E-state index contributed by atoms with van der Waals surface area (Å²) in [4.78, 5) is 17.1. The Hall–Kier alpha value is -1.55. The van der Waals surface area contributed by atoms with Gasteiger partial charge in [-0.05, 0) is 42.0 Å². The second-order valence-corrected chi connectivity index (χ2v) is 7.43. The Morgan fingerprint density at radius 1 is 1.09 bits per heavy atom. The van der Waals surface area contributed by atoms with E-state index in [0.29, 0.717) is 17.4 Å². The van der Waals surface area contributed by atoms with Gasteiger partial charge in [-0.25, -0.2) is 0 Å². The van der Waals surface area contributed by atoms with E-state index in [1.807, 2.05) is 11.0 Å². The fourth-order valence-corrected chi connectivity index (χ4v) is 3.15. The molecule has 1 fully saturated rings. The van der Waals surface area contributed by atoms with Crippen LogP contribution in [0.15, 0.2) is 18.2 Å². The van der Waals surface area contributed by atoms with Gasteiger partial charge in [-0.2, -0.15) is 0 Å². The third-order valence-corrected chi connectivity index (χ3v) is 4.24. The zero-order chi connectivity index (χ0) is 17.0. The first kappa shape index (κ1) is 17.8. The van der Waals surface area contributed by atoms with Crippen molar-refractivity contribution in [2.75, 3.05) is 32.7 Å². The van der Waals surface area contributed by atoms with Crippen LogP contribution >= 0.6 is 0 Å². The largest absolute Gasteiger partial charge is 0.508 e. The maximum absolute atomic E-state index is 12.7. The lowest BCUT2D eigenvalue weighted by Crippen LogP contribution is -2.49. The highest BCUT2D eigenvalue weighted by Gasteiger charge is 2.23. The molecule has 0 saturated carbocycles. The van der Waals surface area contributed by atoms with Crippen molar-refractivity contribution in [2.45, 2.75) is 34.1 Å². The first-order chi connectivity index (χ1) is 10.9. The maximum Gasteiger partial charge on any atom is 0.253 e. The molecule has 1 aromatic rings. The summed E-state index contributed by atoms with van der Waals surface area (Å²) in [7, 11) is 0. The van der Waals surface area contributed by atoms with Gasteiger partial charge in [-0.3, -0.25) is 9.69 Å². The fraction of sp³-hybridized carbons (Fsp3) is 0.632. The number of nitrogens with zero attached hydrogens (tertiary/aromatic N) is 2. The zero-order valence-corrected chi connectivity index (χ0v) is 14.9. The minimum atomic E-state index is 0.0826. The molecule has 1 aliphatic heterocycles. The monoisotopic (exact) mass is 318 g/mol. The summed E-state index contributed by atoms with van der Waals surface area (Å²) in [5, 5.41) is 9.96. The normalized spacial score (nSPS) is 16.3. The lowest BCUT2D eigenvalue weighted by Gasteiger charge is -2.35. The van der Waals surface area contributed by atoms with Crippen molar-refractivity contribution in [3.8, 4) is 5.75 Å². The standard InChI is InChI=1S/C19H30N2O2/c1-14(2)11-17-12-16(5-6-18(17)22)19(23)21-9-7-20(8-10-21)13-15(3)4/h5-6,12,14-15,22H,7-11,13H2,1-4H3. The molecule has 128 valence electrons. The van der Waals surface area contributed by atoms with Crippen LogP contribution in [-0.2, 0) is 6.42 Å². The lowest BCUT2D eigenvalue weighted by atomic mass is 9.99. The SMILES string of the molecule is CC(C)Cc1cc(C(=O)N2CCN(CC(C)C)CC2)ccc1O. The van der Waals surface area contributed by atoms with E-state index >= 15 is 0 Å². The molecule has 4 heteroatoms. The summed E-state index contributed by atoms with van der Waals surface area (Å²) in [5.41, 5.74) is 1.56. The van der Waals surface area contributed by atoms with Gasteiger partial charge in [0.2, 0.25) is 0 Å². The number of amides is 1. The first-order valence-corrected chi connectivity index (χ1v) is 8.70. The van der Waals surface area contributed by atoms with Crippen LogP contribution in [-0.4, -0.2) is 53.5 Å². The third kappa shape index (κ3) is 4.96. The summed E-state index contributed by atoms with van der Waals surface area (Å²) < 4.78 is 0. The average molecular weight is 318 g/mol. The molecule has 23 heavy (non-hydrogen) atoms. The summed E-state index contributed by atoms with van der Waals surface area (Å²) in [5.74, 6) is 1.48. The number of hydrogen-bond acceptors (Lipinski definition) is 3. The van der Waals surface area contributed by atoms with E-state index in [-0.39, 0.29) is 11.7 Å². The lowest BCUT2D eigenvalue weighted by molar-refractivity contribution is 0.0623. The van der Waals surface area contributed by atoms with E-state index in [0.717, 1.165) is 44.7 Å². The molecule has 0 radical (unpaired) electrons. The van der Waals surface area contributed by atoms with E-state index < -0.39 is 0 Å². The van der Waals surface area contributed by atoms with Gasteiger partial charge in [0, 0.05) is 38.3 Å². The summed E-state index contributed by atoms with van der Waals surface area (Å²) >= 11 is 0. The van der Waals surface area contributed by atoms with Gasteiger partial charge < -0.3 is 10.0 Å². The van der Waals surface area contributed by atoms with Crippen LogP contribution in [0.4, 0.5) is 0 Å². The summed E-state index contributed by atoms with van der Waals surface area (Å²) in [6.45, 7) is 13.2. The molecule has 0 atom stereocenters. The maximum atomic E-state index is 12.7. The molecule has 0 aromatic heterocycles. The minimum absolute atomic E-state index is 0.0826. The van der Waals surface area contributed by atoms with Crippen LogP contribution in [0.25, 0.3) is 0 Å². The minimum Gasteiger partial charge on any atom is -0.508 e. The number of rotatable bonds is 5. The number of carbonyl (C=O) groups excluding carboxylic acids is 1. The highest BCUT2D eigenvalue weighted by molar-refractivity contribution is 5.94. The number of hydrogen-bond donors (Lipinski definition) is 1. The fourth-order valence-electron chi connectivity index (χ4n) is 3.15. The number of aromatic hydroxyl groups is 1. The molecule has 0 bridgehead atoms. The predicted octanol–water partition coefficient (Wildman–Crippen LogP) is 3.00. The van der Waals surface area contributed by atoms with Crippen LogP contribution in [0.3, 0.4) is 0 Å². The highest BCUT2D eigenvalue weighted by atomic mass is 16.3. The van der Waals surface area contributed by atoms with Crippen LogP contribution < -0.4 is 0 Å². The Morgan fingerprint density at radius 2 is 1.74 bits per heavy atom. The quantitative estimate of drug-likeness (QED) is 0.907. The van der Waals surface area contributed by atoms with Gasteiger partial charge in [0.25, 0.3) is 5.91 Å². The van der Waals surface area contributed by atoms with E-state index in [2.05, 4.69) is 32.6 Å². The molecule has 2 rings (SSSR count). The number of phenols is 1. The molecule has 1 heterocycles. The summed E-state index contributed by atoms with van der Waals surface area (Å²) in [6, 6.07) is 5.25. The molecule has 4 nitrogen and oxygen atoms in total. The smallest absolute Gasteiger partial charge is 0.253 e. The number of carbonyl (C=O) groups is 1. The second-order valence-electron chi connectivity index (χ2n) is 7.43. The van der Waals surface area contributed by atoms with Gasteiger partial charge in [0.1, 0.15) is 5.75 Å². The number of piperazine rings is 1. The molecule has 0 unspecified atom stereocenters. The predicted molar refractivity (Wildman–Crippen MR) is 93.8 cm³/mol. The second kappa shape index (κ2) is 7.82. The van der Waals surface area contributed by atoms with E-state index in [9.17, 15) is 9.90 Å². The van der Waals surface area contributed by atoms with Crippen LogP contribution in [0.1, 0.15) is 43.6 Å². The third-order valence-electron chi connectivity index (χ3n) is 4.24. The Labute approximate surface area is 140 Å². The molecule has 1 aliphatic rings. The Kier molecular flexibility index (Phi) is 6.05. The first-order valence-electron chi connectivity index (χ1n) is 8.70. The molecule has 1 amide bonds. The Bertz CT molecular complexity index is 532.